The molecule has 4 rings (SSSR count). The average Bonchev–Trinajstić information content (AvgIpc) is 3.15. The van der Waals surface area contributed by atoms with Crippen LogP contribution in [0.4, 0.5) is 10.2 Å². The third kappa shape index (κ3) is 4.61. The first-order valence-corrected chi connectivity index (χ1v) is 10.5. The Bertz CT molecular complexity index is 1300. The maximum absolute atomic E-state index is 15.0. The molecule has 0 saturated carbocycles. The Morgan fingerprint density at radius 2 is 1.88 bits per heavy atom. The summed E-state index contributed by atoms with van der Waals surface area (Å²) in [6, 6.07) is 15.2. The van der Waals surface area contributed by atoms with E-state index in [1.165, 1.54) is 12.1 Å². The molecule has 0 bridgehead atoms. The van der Waals surface area contributed by atoms with Crippen LogP contribution in [0.2, 0.25) is 0 Å². The summed E-state index contributed by atoms with van der Waals surface area (Å²) in [5.41, 5.74) is 16.4. The highest BCUT2D eigenvalue weighted by Gasteiger charge is 2.19. The van der Waals surface area contributed by atoms with E-state index in [1.54, 1.807) is 16.9 Å². The molecule has 2 aromatic heterocycles. The molecule has 8 heteroatoms. The first-order chi connectivity index (χ1) is 15.9. The van der Waals surface area contributed by atoms with Crippen molar-refractivity contribution >= 4 is 11.7 Å². The Labute approximate surface area is 191 Å². The van der Waals surface area contributed by atoms with Crippen molar-refractivity contribution in [3.8, 4) is 22.3 Å². The van der Waals surface area contributed by atoms with E-state index in [0.29, 0.717) is 11.1 Å². The van der Waals surface area contributed by atoms with Gasteiger partial charge in [-0.05, 0) is 36.2 Å². The number of nitrogens with zero attached hydrogens (tertiary/aromatic N) is 3. The van der Waals surface area contributed by atoms with Crippen molar-refractivity contribution in [1.29, 1.82) is 0 Å². The van der Waals surface area contributed by atoms with E-state index in [9.17, 15) is 9.18 Å². The molecule has 1 amide bonds. The van der Waals surface area contributed by atoms with Gasteiger partial charge in [0.25, 0.3) is 5.91 Å². The van der Waals surface area contributed by atoms with Crippen molar-refractivity contribution in [1.82, 2.24) is 20.1 Å². The number of nitrogens with two attached hydrogens (primary N) is 2. The SMILES string of the molecule is Cc1nn(C)cc1-c1cnc(N)c(-c2ccc(C(=O)N[C@H](CN)c3ccccc3)c(F)c2)c1. The second-order valence-corrected chi connectivity index (χ2v) is 7.83. The Morgan fingerprint density at radius 3 is 2.52 bits per heavy atom. The first kappa shape index (κ1) is 22.2. The molecular weight excluding hydrogens is 419 g/mol. The van der Waals surface area contributed by atoms with Crippen molar-refractivity contribution in [3.05, 3.63) is 89.6 Å². The summed E-state index contributed by atoms with van der Waals surface area (Å²) in [5, 5.41) is 7.15. The summed E-state index contributed by atoms with van der Waals surface area (Å²) in [6.45, 7) is 2.10. The van der Waals surface area contributed by atoms with E-state index < -0.39 is 17.8 Å². The number of nitrogen functional groups attached to an aromatic ring is 1. The number of pyridine rings is 1. The zero-order valence-corrected chi connectivity index (χ0v) is 18.4. The minimum absolute atomic E-state index is 0.0704. The van der Waals surface area contributed by atoms with E-state index in [-0.39, 0.29) is 17.9 Å². The predicted octanol–water partition coefficient (Wildman–Crippen LogP) is 3.61. The number of carbonyl (C=O) groups is 1. The molecule has 0 spiro atoms. The van der Waals surface area contributed by atoms with Gasteiger partial charge >= 0.3 is 0 Å². The zero-order valence-electron chi connectivity index (χ0n) is 18.4. The lowest BCUT2D eigenvalue weighted by atomic mass is 9.99. The summed E-state index contributed by atoms with van der Waals surface area (Å²) in [6.07, 6.45) is 3.55. The Balaban J connectivity index is 1.62. The van der Waals surface area contributed by atoms with Gasteiger partial charge in [-0.15, -0.1) is 0 Å². The van der Waals surface area contributed by atoms with Crippen LogP contribution < -0.4 is 16.8 Å². The van der Waals surface area contributed by atoms with Crippen LogP contribution in [0.3, 0.4) is 0 Å². The summed E-state index contributed by atoms with van der Waals surface area (Å²) in [4.78, 5) is 17.0. The molecule has 2 aromatic carbocycles. The Morgan fingerprint density at radius 1 is 1.12 bits per heavy atom. The lowest BCUT2D eigenvalue weighted by Crippen LogP contribution is -2.33. The number of amides is 1. The number of hydrogen-bond donors (Lipinski definition) is 3. The van der Waals surface area contributed by atoms with Crippen LogP contribution in [0, 0.1) is 12.7 Å². The minimum atomic E-state index is -0.656. The van der Waals surface area contributed by atoms with Gasteiger partial charge in [-0.1, -0.05) is 36.4 Å². The molecule has 5 N–H and O–H groups in total. The van der Waals surface area contributed by atoms with Crippen LogP contribution >= 0.6 is 0 Å². The van der Waals surface area contributed by atoms with Crippen LogP contribution in [-0.4, -0.2) is 27.2 Å². The van der Waals surface area contributed by atoms with Crippen molar-refractivity contribution in [2.24, 2.45) is 12.8 Å². The van der Waals surface area contributed by atoms with Gasteiger partial charge in [0.2, 0.25) is 0 Å². The van der Waals surface area contributed by atoms with E-state index in [1.807, 2.05) is 56.6 Å². The molecule has 0 saturated heterocycles. The highest BCUT2D eigenvalue weighted by atomic mass is 19.1. The van der Waals surface area contributed by atoms with E-state index in [2.05, 4.69) is 15.4 Å². The summed E-state index contributed by atoms with van der Waals surface area (Å²) in [5.74, 6) is -0.926. The molecule has 168 valence electrons. The van der Waals surface area contributed by atoms with Gasteiger partial charge in [0.15, 0.2) is 0 Å². The third-order valence-corrected chi connectivity index (χ3v) is 5.51. The normalized spacial score (nSPS) is 11.9. The number of aryl methyl sites for hydroxylation is 2. The second-order valence-electron chi connectivity index (χ2n) is 7.83. The quantitative estimate of drug-likeness (QED) is 0.421. The zero-order chi connectivity index (χ0) is 23.5. The van der Waals surface area contributed by atoms with Gasteiger partial charge < -0.3 is 16.8 Å². The highest BCUT2D eigenvalue weighted by molar-refractivity contribution is 5.95. The molecule has 0 aliphatic heterocycles. The van der Waals surface area contributed by atoms with E-state index in [0.717, 1.165) is 22.4 Å². The lowest BCUT2D eigenvalue weighted by Gasteiger charge is -2.18. The van der Waals surface area contributed by atoms with Crippen molar-refractivity contribution in [2.75, 3.05) is 12.3 Å². The fourth-order valence-electron chi connectivity index (χ4n) is 3.80. The maximum atomic E-state index is 15.0. The number of carbonyl (C=O) groups excluding carboxylic acids is 1. The fraction of sp³-hybridized carbons (Fsp3) is 0.160. The molecule has 7 nitrogen and oxygen atoms in total. The van der Waals surface area contributed by atoms with Crippen LogP contribution in [0.25, 0.3) is 22.3 Å². The molecular formula is C25H25FN6O. The lowest BCUT2D eigenvalue weighted by molar-refractivity contribution is 0.0934. The molecule has 0 unspecified atom stereocenters. The topological polar surface area (TPSA) is 112 Å². The molecule has 4 aromatic rings. The van der Waals surface area contributed by atoms with Crippen LogP contribution in [0.1, 0.15) is 27.7 Å². The smallest absolute Gasteiger partial charge is 0.254 e. The van der Waals surface area contributed by atoms with Gasteiger partial charge in [-0.25, -0.2) is 9.37 Å². The monoisotopic (exact) mass is 444 g/mol. The van der Waals surface area contributed by atoms with Crippen LogP contribution in [-0.2, 0) is 7.05 Å². The summed E-state index contributed by atoms with van der Waals surface area (Å²) in [7, 11) is 1.84. The van der Waals surface area contributed by atoms with Gasteiger partial charge in [-0.2, -0.15) is 5.10 Å². The summed E-state index contributed by atoms with van der Waals surface area (Å²) < 4.78 is 16.7. The molecule has 33 heavy (non-hydrogen) atoms. The largest absolute Gasteiger partial charge is 0.383 e. The van der Waals surface area contributed by atoms with Gasteiger partial charge in [-0.3, -0.25) is 9.48 Å². The fourth-order valence-corrected chi connectivity index (χ4v) is 3.80. The van der Waals surface area contributed by atoms with E-state index in [4.69, 9.17) is 11.5 Å². The van der Waals surface area contributed by atoms with Crippen molar-refractivity contribution in [2.45, 2.75) is 13.0 Å². The van der Waals surface area contributed by atoms with Gasteiger partial charge in [0.1, 0.15) is 11.6 Å². The number of nitrogens with one attached hydrogen (secondary N) is 1. The van der Waals surface area contributed by atoms with Gasteiger partial charge in [0.05, 0.1) is 17.3 Å². The Hall–Kier alpha value is -4.04. The number of hydrogen-bond acceptors (Lipinski definition) is 5. The number of rotatable bonds is 6. The third-order valence-electron chi connectivity index (χ3n) is 5.51. The Kier molecular flexibility index (Phi) is 6.19. The number of anilines is 1. The molecule has 2 heterocycles. The number of aromatic nitrogens is 3. The molecule has 0 aliphatic carbocycles. The average molecular weight is 445 g/mol. The summed E-state index contributed by atoms with van der Waals surface area (Å²) >= 11 is 0. The number of halogens is 1. The van der Waals surface area contributed by atoms with Crippen molar-refractivity contribution in [3.63, 3.8) is 0 Å². The van der Waals surface area contributed by atoms with Crippen molar-refractivity contribution < 1.29 is 9.18 Å². The number of benzene rings is 2. The van der Waals surface area contributed by atoms with E-state index >= 15 is 0 Å². The second kappa shape index (κ2) is 9.22. The molecule has 1 atom stereocenters. The predicted molar refractivity (Wildman–Crippen MR) is 127 cm³/mol. The van der Waals surface area contributed by atoms with Crippen LogP contribution in [0.5, 0.6) is 0 Å². The molecule has 0 fully saturated rings. The maximum Gasteiger partial charge on any atom is 0.254 e. The van der Waals surface area contributed by atoms with Crippen LogP contribution in [0.15, 0.2) is 67.0 Å². The highest BCUT2D eigenvalue weighted by Crippen LogP contribution is 2.31. The van der Waals surface area contributed by atoms with Gasteiger partial charge in [0, 0.05) is 42.7 Å². The molecule has 0 radical (unpaired) electrons. The minimum Gasteiger partial charge on any atom is -0.383 e. The molecule has 0 aliphatic rings. The standard InChI is InChI=1S/C25H25FN6O/c1-15-21(14-32(2)31-15)18-10-20(24(28)29-13-18)17-8-9-19(22(26)11-17)25(33)30-23(12-27)16-6-4-3-5-7-16/h3-11,13-14,23H,12,27H2,1-2H3,(H2,28,29)(H,30,33)/t23-/m1/s1. The first-order valence-electron chi connectivity index (χ1n) is 10.5.